The summed E-state index contributed by atoms with van der Waals surface area (Å²) in [7, 11) is 0. The molecule has 5 rings (SSSR count). The van der Waals surface area contributed by atoms with Gasteiger partial charge in [0.25, 0.3) is 5.56 Å². The monoisotopic (exact) mass is 414 g/mol. The lowest BCUT2D eigenvalue weighted by molar-refractivity contribution is 0.369. The summed E-state index contributed by atoms with van der Waals surface area (Å²) in [6.45, 7) is 2.06. The second kappa shape index (κ2) is 7.56. The molecule has 0 unspecified atom stereocenters. The molecule has 2 aromatic carbocycles. The predicted octanol–water partition coefficient (Wildman–Crippen LogP) is 3.21. The molecule has 3 heterocycles. The van der Waals surface area contributed by atoms with Crippen molar-refractivity contribution in [2.75, 3.05) is 0 Å². The molecule has 31 heavy (non-hydrogen) atoms. The number of fused-ring (bicyclic) bond motifs is 1. The summed E-state index contributed by atoms with van der Waals surface area (Å²) in [5.41, 5.74) is 1.56. The van der Waals surface area contributed by atoms with Crippen LogP contribution in [0.15, 0.2) is 85.5 Å². The van der Waals surface area contributed by atoms with E-state index in [1.54, 1.807) is 36.4 Å². The van der Waals surface area contributed by atoms with Crippen LogP contribution in [-0.2, 0) is 13.1 Å². The molecule has 0 N–H and O–H groups in total. The third-order valence-electron chi connectivity index (χ3n) is 5.06. The summed E-state index contributed by atoms with van der Waals surface area (Å²) in [6, 6.07) is 18.2. The minimum atomic E-state index is -0.476. The smallest absolute Gasteiger partial charge is 0.332 e. The summed E-state index contributed by atoms with van der Waals surface area (Å²) in [5, 5.41) is 4.47. The van der Waals surface area contributed by atoms with Gasteiger partial charge in [-0.2, -0.15) is 4.98 Å². The van der Waals surface area contributed by atoms with Gasteiger partial charge in [0.1, 0.15) is 12.3 Å². The molecule has 0 saturated heterocycles. The first-order valence-corrected chi connectivity index (χ1v) is 9.74. The van der Waals surface area contributed by atoms with Crippen LogP contribution >= 0.6 is 0 Å². The van der Waals surface area contributed by atoms with Gasteiger partial charge in [-0.25, -0.2) is 4.79 Å². The van der Waals surface area contributed by atoms with Gasteiger partial charge >= 0.3 is 5.69 Å². The van der Waals surface area contributed by atoms with Gasteiger partial charge in [0.15, 0.2) is 0 Å². The van der Waals surface area contributed by atoms with Gasteiger partial charge in [0.2, 0.25) is 11.7 Å². The fraction of sp³-hybridized carbons (Fsp3) is 0.130. The molecule has 0 bridgehead atoms. The number of aromatic nitrogens is 4. The minimum Gasteiger partial charge on any atom is -0.467 e. The normalized spacial score (nSPS) is 11.3. The Hall–Kier alpha value is -4.20. The molecule has 5 aromatic rings. The van der Waals surface area contributed by atoms with Crippen LogP contribution in [0.1, 0.15) is 17.2 Å². The largest absolute Gasteiger partial charge is 0.467 e. The summed E-state index contributed by atoms with van der Waals surface area (Å²) in [6.07, 6.45) is 1.51. The average molecular weight is 414 g/mol. The second-order valence-corrected chi connectivity index (χ2v) is 7.24. The molecule has 154 valence electrons. The standard InChI is InChI=1S/C23H18N4O4/c1-15-6-4-7-16(12-15)21-24-20(31-25-21)14-26-19-10-3-2-9-18(19)22(28)27(23(26)29)13-17-8-5-11-30-17/h2-12H,13-14H2,1H3. The van der Waals surface area contributed by atoms with E-state index in [2.05, 4.69) is 10.1 Å². The topological polar surface area (TPSA) is 96.1 Å². The van der Waals surface area contributed by atoms with Crippen LogP contribution < -0.4 is 11.2 Å². The summed E-state index contributed by atoms with van der Waals surface area (Å²) < 4.78 is 13.4. The van der Waals surface area contributed by atoms with Crippen LogP contribution in [-0.4, -0.2) is 19.3 Å². The van der Waals surface area contributed by atoms with Crippen molar-refractivity contribution in [1.29, 1.82) is 0 Å². The Morgan fingerprint density at radius 3 is 2.61 bits per heavy atom. The third kappa shape index (κ3) is 3.48. The van der Waals surface area contributed by atoms with Crippen molar-refractivity contribution in [1.82, 2.24) is 19.3 Å². The number of para-hydroxylation sites is 1. The SMILES string of the molecule is Cc1cccc(-c2noc(Cn3c(=O)n(Cc4ccco4)c(=O)c4ccccc43)n2)c1. The fourth-order valence-electron chi connectivity index (χ4n) is 3.58. The number of hydrogen-bond donors (Lipinski definition) is 0. The van der Waals surface area contributed by atoms with Crippen LogP contribution in [0.3, 0.4) is 0 Å². The molecule has 0 radical (unpaired) electrons. The molecule has 0 fully saturated rings. The molecular formula is C23H18N4O4. The van der Waals surface area contributed by atoms with Crippen LogP contribution in [0.2, 0.25) is 0 Å². The maximum Gasteiger partial charge on any atom is 0.332 e. The van der Waals surface area contributed by atoms with E-state index >= 15 is 0 Å². The fourth-order valence-corrected chi connectivity index (χ4v) is 3.58. The van der Waals surface area contributed by atoms with Crippen molar-refractivity contribution >= 4 is 10.9 Å². The first kappa shape index (κ1) is 18.8. The Bertz CT molecular complexity index is 1490. The van der Waals surface area contributed by atoms with E-state index in [1.165, 1.54) is 10.8 Å². The number of nitrogens with zero attached hydrogens (tertiary/aromatic N) is 4. The molecule has 0 aliphatic rings. The Kier molecular flexibility index (Phi) is 4.59. The first-order chi connectivity index (χ1) is 15.1. The first-order valence-electron chi connectivity index (χ1n) is 9.74. The second-order valence-electron chi connectivity index (χ2n) is 7.24. The van der Waals surface area contributed by atoms with E-state index in [0.717, 1.165) is 15.7 Å². The van der Waals surface area contributed by atoms with E-state index < -0.39 is 5.69 Å². The van der Waals surface area contributed by atoms with Crippen LogP contribution in [0.4, 0.5) is 0 Å². The number of furan rings is 1. The van der Waals surface area contributed by atoms with Crippen molar-refractivity contribution in [3.63, 3.8) is 0 Å². The van der Waals surface area contributed by atoms with Gasteiger partial charge in [-0.3, -0.25) is 13.9 Å². The summed E-state index contributed by atoms with van der Waals surface area (Å²) >= 11 is 0. The highest BCUT2D eigenvalue weighted by Gasteiger charge is 2.17. The summed E-state index contributed by atoms with van der Waals surface area (Å²) in [5.74, 6) is 1.23. The van der Waals surface area contributed by atoms with Gasteiger partial charge in [0, 0.05) is 5.56 Å². The van der Waals surface area contributed by atoms with Crippen LogP contribution in [0.25, 0.3) is 22.3 Å². The van der Waals surface area contributed by atoms with Gasteiger partial charge in [-0.15, -0.1) is 0 Å². The van der Waals surface area contributed by atoms with E-state index in [-0.39, 0.29) is 24.5 Å². The Morgan fingerprint density at radius 2 is 1.81 bits per heavy atom. The van der Waals surface area contributed by atoms with Gasteiger partial charge in [-0.05, 0) is 37.3 Å². The minimum absolute atomic E-state index is 0.0356. The maximum atomic E-state index is 13.3. The lowest BCUT2D eigenvalue weighted by Crippen LogP contribution is -2.40. The van der Waals surface area contributed by atoms with Crippen LogP contribution in [0.5, 0.6) is 0 Å². The van der Waals surface area contributed by atoms with E-state index in [0.29, 0.717) is 22.5 Å². The molecule has 3 aromatic heterocycles. The highest BCUT2D eigenvalue weighted by atomic mass is 16.5. The highest BCUT2D eigenvalue weighted by Crippen LogP contribution is 2.18. The third-order valence-corrected chi connectivity index (χ3v) is 5.06. The van der Waals surface area contributed by atoms with Gasteiger partial charge < -0.3 is 8.94 Å². The zero-order valence-corrected chi connectivity index (χ0v) is 16.7. The Labute approximate surface area is 176 Å². The van der Waals surface area contributed by atoms with Crippen molar-refractivity contribution in [3.05, 3.63) is 105 Å². The quantitative estimate of drug-likeness (QED) is 0.438. The predicted molar refractivity (Wildman–Crippen MR) is 114 cm³/mol. The number of benzene rings is 2. The molecule has 0 atom stereocenters. The van der Waals surface area contributed by atoms with Crippen molar-refractivity contribution in [2.45, 2.75) is 20.0 Å². The van der Waals surface area contributed by atoms with Crippen LogP contribution in [0, 0.1) is 6.92 Å². The lowest BCUT2D eigenvalue weighted by Gasteiger charge is -2.12. The zero-order valence-electron chi connectivity index (χ0n) is 16.7. The number of rotatable bonds is 5. The molecule has 0 aliphatic carbocycles. The zero-order chi connectivity index (χ0) is 21.4. The highest BCUT2D eigenvalue weighted by molar-refractivity contribution is 5.77. The summed E-state index contributed by atoms with van der Waals surface area (Å²) in [4.78, 5) is 30.7. The Morgan fingerprint density at radius 1 is 0.935 bits per heavy atom. The van der Waals surface area contributed by atoms with E-state index in [9.17, 15) is 9.59 Å². The molecule has 0 spiro atoms. The molecule has 8 nitrogen and oxygen atoms in total. The average Bonchev–Trinajstić information content (AvgIpc) is 3.46. The molecule has 0 saturated carbocycles. The van der Waals surface area contributed by atoms with Crippen molar-refractivity contribution < 1.29 is 8.94 Å². The Balaban J connectivity index is 1.60. The molecule has 0 aliphatic heterocycles. The lowest BCUT2D eigenvalue weighted by atomic mass is 10.1. The maximum absolute atomic E-state index is 13.3. The molecular weight excluding hydrogens is 396 g/mol. The molecule has 0 amide bonds. The van der Waals surface area contributed by atoms with Crippen molar-refractivity contribution in [3.8, 4) is 11.4 Å². The van der Waals surface area contributed by atoms with Gasteiger partial charge in [0.05, 0.1) is 23.7 Å². The van der Waals surface area contributed by atoms with E-state index in [4.69, 9.17) is 8.94 Å². The van der Waals surface area contributed by atoms with E-state index in [1.807, 2.05) is 31.2 Å². The van der Waals surface area contributed by atoms with Crippen molar-refractivity contribution in [2.24, 2.45) is 0 Å². The number of hydrogen-bond acceptors (Lipinski definition) is 6. The molecule has 8 heteroatoms. The van der Waals surface area contributed by atoms with Gasteiger partial charge in [-0.1, -0.05) is 41.1 Å². The number of aryl methyl sites for hydroxylation is 1.